The number of phenolic OH excluding ortho intramolecular Hbond substituents is 1. The Bertz CT molecular complexity index is 455. The number of aromatic hydroxyl groups is 1. The summed E-state index contributed by atoms with van der Waals surface area (Å²) in [7, 11) is 0. The second-order valence-corrected chi connectivity index (χ2v) is 5.81. The van der Waals surface area contributed by atoms with Gasteiger partial charge in [0, 0.05) is 12.6 Å². The van der Waals surface area contributed by atoms with Crippen molar-refractivity contribution in [2.75, 3.05) is 19.6 Å². The van der Waals surface area contributed by atoms with E-state index in [-0.39, 0.29) is 11.7 Å². The van der Waals surface area contributed by atoms with E-state index in [1.54, 1.807) is 24.3 Å². The van der Waals surface area contributed by atoms with Crippen LogP contribution in [0.4, 0.5) is 0 Å². The summed E-state index contributed by atoms with van der Waals surface area (Å²) in [5.74, 6) is 0.102. The fraction of sp³-hybridized carbons (Fsp3) is 0.562. The van der Waals surface area contributed by atoms with E-state index >= 15 is 0 Å². The minimum absolute atomic E-state index is 0.117. The summed E-state index contributed by atoms with van der Waals surface area (Å²) < 4.78 is 0. The highest BCUT2D eigenvalue weighted by Gasteiger charge is 2.20. The van der Waals surface area contributed by atoms with E-state index in [0.29, 0.717) is 19.0 Å². The first-order valence-electron chi connectivity index (χ1n) is 7.61. The Morgan fingerprint density at radius 2 is 1.95 bits per heavy atom. The molecule has 1 unspecified atom stereocenters. The summed E-state index contributed by atoms with van der Waals surface area (Å²) in [5.41, 5.74) is 6.89. The SMILES string of the molecule is CC(CNC(=O)[C@H](N)Cc1ccc(O)cc1)N1CCCC1. The molecule has 1 aliphatic rings. The zero-order valence-corrected chi connectivity index (χ0v) is 12.6. The second-order valence-electron chi connectivity index (χ2n) is 5.81. The van der Waals surface area contributed by atoms with Crippen LogP contribution in [0.3, 0.4) is 0 Å². The molecule has 2 rings (SSSR count). The standard InChI is InChI=1S/C16H25N3O2/c1-12(19-8-2-3-9-19)11-18-16(21)15(17)10-13-4-6-14(20)7-5-13/h4-7,12,15,20H,2-3,8-11,17H2,1H3,(H,18,21)/t12?,15-/m1/s1. The van der Waals surface area contributed by atoms with Crippen molar-refractivity contribution in [1.29, 1.82) is 0 Å². The van der Waals surface area contributed by atoms with Gasteiger partial charge in [0.25, 0.3) is 0 Å². The van der Waals surface area contributed by atoms with Crippen LogP contribution in [0.1, 0.15) is 25.3 Å². The molecule has 1 saturated heterocycles. The number of likely N-dealkylation sites (tertiary alicyclic amines) is 1. The number of nitrogens with zero attached hydrogens (tertiary/aromatic N) is 1. The predicted molar refractivity (Wildman–Crippen MR) is 83.1 cm³/mol. The van der Waals surface area contributed by atoms with Crippen molar-refractivity contribution in [3.63, 3.8) is 0 Å². The van der Waals surface area contributed by atoms with Gasteiger partial charge in [-0.25, -0.2) is 0 Å². The third-order valence-electron chi connectivity index (χ3n) is 4.06. The summed E-state index contributed by atoms with van der Waals surface area (Å²) >= 11 is 0. The molecule has 1 aromatic carbocycles. The fourth-order valence-corrected chi connectivity index (χ4v) is 2.67. The zero-order valence-electron chi connectivity index (χ0n) is 12.6. The van der Waals surface area contributed by atoms with Crippen molar-refractivity contribution >= 4 is 5.91 Å². The van der Waals surface area contributed by atoms with Gasteiger partial charge >= 0.3 is 0 Å². The lowest BCUT2D eigenvalue weighted by Crippen LogP contribution is -2.47. The monoisotopic (exact) mass is 291 g/mol. The van der Waals surface area contributed by atoms with E-state index < -0.39 is 6.04 Å². The van der Waals surface area contributed by atoms with Gasteiger partial charge < -0.3 is 16.2 Å². The summed E-state index contributed by atoms with van der Waals surface area (Å²) in [5, 5.41) is 12.2. The first-order valence-corrected chi connectivity index (χ1v) is 7.61. The Labute approximate surface area is 126 Å². The second kappa shape index (κ2) is 7.43. The molecule has 0 radical (unpaired) electrons. The molecule has 0 saturated carbocycles. The van der Waals surface area contributed by atoms with Gasteiger partial charge in [0.15, 0.2) is 0 Å². The van der Waals surface area contributed by atoms with Gasteiger partial charge in [-0.2, -0.15) is 0 Å². The molecule has 1 aliphatic heterocycles. The molecule has 5 heteroatoms. The van der Waals surface area contributed by atoms with E-state index in [9.17, 15) is 9.90 Å². The Balaban J connectivity index is 1.75. The van der Waals surface area contributed by atoms with Gasteiger partial charge in [0.05, 0.1) is 6.04 Å². The zero-order chi connectivity index (χ0) is 15.2. The number of benzene rings is 1. The number of hydrogen-bond acceptors (Lipinski definition) is 4. The molecule has 0 bridgehead atoms. The number of nitrogens with two attached hydrogens (primary N) is 1. The largest absolute Gasteiger partial charge is 0.508 e. The van der Waals surface area contributed by atoms with Crippen molar-refractivity contribution < 1.29 is 9.90 Å². The summed E-state index contributed by atoms with van der Waals surface area (Å²) in [4.78, 5) is 14.4. The number of amides is 1. The van der Waals surface area contributed by atoms with Crippen molar-refractivity contribution in [3.05, 3.63) is 29.8 Å². The third-order valence-corrected chi connectivity index (χ3v) is 4.06. The van der Waals surface area contributed by atoms with E-state index in [2.05, 4.69) is 17.1 Å². The lowest BCUT2D eigenvalue weighted by Gasteiger charge is -2.24. The van der Waals surface area contributed by atoms with Gasteiger partial charge in [-0.05, 0) is 57.0 Å². The molecule has 21 heavy (non-hydrogen) atoms. The highest BCUT2D eigenvalue weighted by molar-refractivity contribution is 5.81. The van der Waals surface area contributed by atoms with Crippen LogP contribution in [0.15, 0.2) is 24.3 Å². The lowest BCUT2D eigenvalue weighted by molar-refractivity contribution is -0.122. The Morgan fingerprint density at radius 3 is 2.57 bits per heavy atom. The van der Waals surface area contributed by atoms with Crippen LogP contribution in [-0.2, 0) is 11.2 Å². The molecular formula is C16H25N3O2. The molecule has 0 aliphatic carbocycles. The third kappa shape index (κ3) is 4.72. The summed E-state index contributed by atoms with van der Waals surface area (Å²) in [6.07, 6.45) is 2.97. The number of nitrogens with one attached hydrogen (secondary N) is 1. The molecule has 116 valence electrons. The quantitative estimate of drug-likeness (QED) is 0.726. The molecule has 1 aromatic rings. The van der Waals surface area contributed by atoms with Crippen LogP contribution in [0.5, 0.6) is 5.75 Å². The van der Waals surface area contributed by atoms with E-state index in [0.717, 1.165) is 18.7 Å². The fourth-order valence-electron chi connectivity index (χ4n) is 2.67. The van der Waals surface area contributed by atoms with Gasteiger partial charge in [0.2, 0.25) is 5.91 Å². The van der Waals surface area contributed by atoms with E-state index in [1.807, 2.05) is 0 Å². The average molecular weight is 291 g/mol. The Kier molecular flexibility index (Phi) is 5.59. The molecule has 1 fully saturated rings. The van der Waals surface area contributed by atoms with Crippen molar-refractivity contribution in [2.45, 2.75) is 38.3 Å². The first kappa shape index (κ1) is 15.8. The maximum atomic E-state index is 12.0. The Morgan fingerprint density at radius 1 is 1.33 bits per heavy atom. The highest BCUT2D eigenvalue weighted by atomic mass is 16.3. The molecule has 1 heterocycles. The summed E-state index contributed by atoms with van der Waals surface area (Å²) in [6.45, 7) is 5.02. The van der Waals surface area contributed by atoms with Crippen LogP contribution in [0.25, 0.3) is 0 Å². The molecule has 0 aromatic heterocycles. The normalized spacial score (nSPS) is 18.4. The highest BCUT2D eigenvalue weighted by Crippen LogP contribution is 2.12. The van der Waals surface area contributed by atoms with Crippen molar-refractivity contribution in [2.24, 2.45) is 5.73 Å². The predicted octanol–water partition coefficient (Wildman–Crippen LogP) is 0.862. The Hall–Kier alpha value is -1.59. The minimum Gasteiger partial charge on any atom is -0.508 e. The van der Waals surface area contributed by atoms with Crippen LogP contribution >= 0.6 is 0 Å². The molecule has 0 spiro atoms. The van der Waals surface area contributed by atoms with Crippen LogP contribution in [-0.4, -0.2) is 47.6 Å². The molecular weight excluding hydrogens is 266 g/mol. The van der Waals surface area contributed by atoms with Crippen LogP contribution in [0, 0.1) is 0 Å². The smallest absolute Gasteiger partial charge is 0.237 e. The molecule has 2 atom stereocenters. The van der Waals surface area contributed by atoms with Crippen molar-refractivity contribution in [3.8, 4) is 5.75 Å². The lowest BCUT2D eigenvalue weighted by atomic mass is 10.1. The van der Waals surface area contributed by atoms with Gasteiger partial charge in [0.1, 0.15) is 5.75 Å². The minimum atomic E-state index is -0.555. The molecule has 5 nitrogen and oxygen atoms in total. The maximum Gasteiger partial charge on any atom is 0.237 e. The first-order chi connectivity index (χ1) is 10.1. The molecule has 1 amide bonds. The maximum absolute atomic E-state index is 12.0. The average Bonchev–Trinajstić information content (AvgIpc) is 3.01. The molecule has 4 N–H and O–H groups in total. The number of phenols is 1. The van der Waals surface area contributed by atoms with Gasteiger partial charge in [-0.15, -0.1) is 0 Å². The topological polar surface area (TPSA) is 78.6 Å². The summed E-state index contributed by atoms with van der Waals surface area (Å²) in [6, 6.07) is 6.59. The number of rotatable bonds is 6. The van der Waals surface area contributed by atoms with Crippen molar-refractivity contribution in [1.82, 2.24) is 10.2 Å². The van der Waals surface area contributed by atoms with Crippen LogP contribution < -0.4 is 11.1 Å². The van der Waals surface area contributed by atoms with Gasteiger partial charge in [-0.1, -0.05) is 12.1 Å². The number of carbonyl (C=O) groups excluding carboxylic acids is 1. The number of carbonyl (C=O) groups is 1. The van der Waals surface area contributed by atoms with E-state index in [4.69, 9.17) is 5.73 Å². The number of hydrogen-bond donors (Lipinski definition) is 3. The van der Waals surface area contributed by atoms with Crippen LogP contribution in [0.2, 0.25) is 0 Å². The van der Waals surface area contributed by atoms with Gasteiger partial charge in [-0.3, -0.25) is 9.69 Å². The van der Waals surface area contributed by atoms with E-state index in [1.165, 1.54) is 12.8 Å².